The van der Waals surface area contributed by atoms with Crippen LogP contribution in [0.15, 0.2) is 12.4 Å². The minimum atomic E-state index is -0.553. The Labute approximate surface area is 123 Å². The predicted molar refractivity (Wildman–Crippen MR) is 76.6 cm³/mol. The van der Waals surface area contributed by atoms with Crippen LogP contribution in [-0.2, 0) is 11.3 Å². The summed E-state index contributed by atoms with van der Waals surface area (Å²) in [5.74, 6) is 0.175. The zero-order valence-corrected chi connectivity index (χ0v) is 12.3. The van der Waals surface area contributed by atoms with Gasteiger partial charge < -0.3 is 11.1 Å². The Morgan fingerprint density at radius 3 is 2.70 bits per heavy atom. The molecule has 0 aliphatic rings. The van der Waals surface area contributed by atoms with E-state index in [1.165, 1.54) is 10.9 Å². The maximum absolute atomic E-state index is 11.7. The average Bonchev–Trinajstić information content (AvgIpc) is 2.75. The van der Waals surface area contributed by atoms with Crippen molar-refractivity contribution >= 4 is 24.0 Å². The molecule has 20 heavy (non-hydrogen) atoms. The monoisotopic (exact) mass is 305 g/mol. The zero-order valence-electron chi connectivity index (χ0n) is 11.5. The molecule has 114 valence electrons. The van der Waals surface area contributed by atoms with Gasteiger partial charge in [0.05, 0.1) is 4.92 Å². The van der Waals surface area contributed by atoms with Crippen LogP contribution in [-0.4, -0.2) is 33.2 Å². The molecule has 0 aromatic carbocycles. The first-order chi connectivity index (χ1) is 8.92. The predicted octanol–water partition coefficient (Wildman–Crippen LogP) is 0.703. The van der Waals surface area contributed by atoms with Crippen LogP contribution in [0.5, 0.6) is 0 Å². The maximum atomic E-state index is 11.7. The van der Waals surface area contributed by atoms with Gasteiger partial charge in [-0.05, 0) is 12.3 Å². The van der Waals surface area contributed by atoms with Crippen LogP contribution in [0.2, 0.25) is 0 Å². The molecule has 3 N–H and O–H groups in total. The highest BCUT2D eigenvalue weighted by atomic mass is 35.5. The third kappa shape index (κ3) is 5.98. The number of nitrogens with two attached hydrogens (primary N) is 1. The first kappa shape index (κ1) is 18.3. The van der Waals surface area contributed by atoms with Crippen molar-refractivity contribution in [2.24, 2.45) is 11.7 Å². The molecule has 0 saturated heterocycles. The minimum absolute atomic E-state index is 0. The quantitative estimate of drug-likeness (QED) is 0.568. The van der Waals surface area contributed by atoms with Gasteiger partial charge in [0, 0.05) is 12.6 Å². The summed E-state index contributed by atoms with van der Waals surface area (Å²) >= 11 is 0. The summed E-state index contributed by atoms with van der Waals surface area (Å²) in [4.78, 5) is 21.7. The largest absolute Gasteiger partial charge is 0.350 e. The van der Waals surface area contributed by atoms with Gasteiger partial charge in [-0.1, -0.05) is 13.8 Å². The number of carbonyl (C=O) groups is 1. The number of amides is 1. The molecule has 1 heterocycles. The molecule has 1 atom stereocenters. The fourth-order valence-electron chi connectivity index (χ4n) is 1.74. The van der Waals surface area contributed by atoms with E-state index in [0.29, 0.717) is 12.5 Å². The van der Waals surface area contributed by atoms with Gasteiger partial charge in [0.25, 0.3) is 0 Å². The lowest BCUT2D eigenvalue weighted by Crippen LogP contribution is -2.42. The maximum Gasteiger partial charge on any atom is 0.307 e. The van der Waals surface area contributed by atoms with Crippen molar-refractivity contribution in [3.05, 3.63) is 22.5 Å². The van der Waals surface area contributed by atoms with Crippen molar-refractivity contribution in [3.8, 4) is 0 Å². The number of rotatable bonds is 7. The molecule has 0 fully saturated rings. The Morgan fingerprint density at radius 2 is 2.25 bits per heavy atom. The molecular formula is C11H20ClN5O3. The van der Waals surface area contributed by atoms with E-state index in [9.17, 15) is 14.9 Å². The molecule has 0 saturated carbocycles. The zero-order chi connectivity index (χ0) is 14.4. The standard InChI is InChI=1S/C11H19N5O3.ClH/c1-8(2)3-9(4-12)14-11(17)7-15-6-10(5-13-15)16(18)19;/h5-6,8-9H,3-4,7,12H2,1-2H3,(H,14,17);1H. The van der Waals surface area contributed by atoms with Crippen LogP contribution in [0, 0.1) is 16.0 Å². The third-order valence-electron chi connectivity index (χ3n) is 2.54. The summed E-state index contributed by atoms with van der Waals surface area (Å²) < 4.78 is 1.23. The van der Waals surface area contributed by atoms with Crippen LogP contribution in [0.25, 0.3) is 0 Å². The Bertz CT molecular complexity index is 449. The van der Waals surface area contributed by atoms with Crippen LogP contribution in [0.1, 0.15) is 20.3 Å². The van der Waals surface area contributed by atoms with E-state index in [0.717, 1.165) is 12.6 Å². The lowest BCUT2D eigenvalue weighted by Gasteiger charge is -2.18. The first-order valence-corrected chi connectivity index (χ1v) is 6.08. The summed E-state index contributed by atoms with van der Waals surface area (Å²) in [6, 6.07) is -0.0851. The number of nitrogens with zero attached hydrogens (tertiary/aromatic N) is 3. The molecule has 1 amide bonds. The van der Waals surface area contributed by atoms with Gasteiger partial charge in [-0.25, -0.2) is 0 Å². The van der Waals surface area contributed by atoms with Crippen molar-refractivity contribution < 1.29 is 9.72 Å². The fourth-order valence-corrected chi connectivity index (χ4v) is 1.74. The van der Waals surface area contributed by atoms with Crippen molar-refractivity contribution in [2.75, 3.05) is 6.54 Å². The molecule has 1 aromatic rings. The van der Waals surface area contributed by atoms with Gasteiger partial charge in [-0.15, -0.1) is 12.4 Å². The van der Waals surface area contributed by atoms with Crippen LogP contribution in [0.3, 0.4) is 0 Å². The molecule has 0 spiro atoms. The smallest absolute Gasteiger partial charge is 0.307 e. The summed E-state index contributed by atoms with van der Waals surface area (Å²) in [5.41, 5.74) is 5.45. The van der Waals surface area contributed by atoms with Gasteiger partial charge in [0.2, 0.25) is 5.91 Å². The highest BCUT2D eigenvalue weighted by Crippen LogP contribution is 2.07. The molecule has 0 aliphatic heterocycles. The summed E-state index contributed by atoms with van der Waals surface area (Å²) in [6.07, 6.45) is 3.13. The number of nitro groups is 1. The number of nitrogens with one attached hydrogen (secondary N) is 1. The molecule has 1 aromatic heterocycles. The van der Waals surface area contributed by atoms with Crippen LogP contribution < -0.4 is 11.1 Å². The van der Waals surface area contributed by atoms with E-state index in [4.69, 9.17) is 5.73 Å². The SMILES string of the molecule is CC(C)CC(CN)NC(=O)Cn1cc([N+](=O)[O-])cn1.Cl. The summed E-state index contributed by atoms with van der Waals surface area (Å²) in [6.45, 7) is 4.41. The molecule has 0 radical (unpaired) electrons. The molecular weight excluding hydrogens is 286 g/mol. The third-order valence-corrected chi connectivity index (χ3v) is 2.54. The second-order valence-corrected chi connectivity index (χ2v) is 4.78. The lowest BCUT2D eigenvalue weighted by atomic mass is 10.0. The highest BCUT2D eigenvalue weighted by Gasteiger charge is 2.14. The van der Waals surface area contributed by atoms with E-state index in [1.807, 2.05) is 13.8 Å². The van der Waals surface area contributed by atoms with E-state index in [2.05, 4.69) is 10.4 Å². The topological polar surface area (TPSA) is 116 Å². The van der Waals surface area contributed by atoms with E-state index in [-0.39, 0.29) is 36.6 Å². The van der Waals surface area contributed by atoms with E-state index >= 15 is 0 Å². The van der Waals surface area contributed by atoms with Crippen LogP contribution in [0.4, 0.5) is 5.69 Å². The van der Waals surface area contributed by atoms with E-state index < -0.39 is 4.92 Å². The van der Waals surface area contributed by atoms with Gasteiger partial charge in [-0.2, -0.15) is 5.10 Å². The number of carbonyl (C=O) groups excluding carboxylic acids is 1. The Hall–Kier alpha value is -1.67. The van der Waals surface area contributed by atoms with Gasteiger partial charge in [0.1, 0.15) is 18.9 Å². The number of hydrogen-bond acceptors (Lipinski definition) is 5. The minimum Gasteiger partial charge on any atom is -0.350 e. The molecule has 0 aliphatic carbocycles. The number of halogens is 1. The van der Waals surface area contributed by atoms with Crippen molar-refractivity contribution in [3.63, 3.8) is 0 Å². The summed E-state index contributed by atoms with van der Waals surface area (Å²) in [7, 11) is 0. The Balaban J connectivity index is 0.00000361. The normalized spacial score (nSPS) is 11.8. The molecule has 1 rings (SSSR count). The van der Waals surface area contributed by atoms with Crippen molar-refractivity contribution in [2.45, 2.75) is 32.9 Å². The molecule has 1 unspecified atom stereocenters. The Morgan fingerprint density at radius 1 is 1.60 bits per heavy atom. The average molecular weight is 306 g/mol. The second-order valence-electron chi connectivity index (χ2n) is 4.78. The number of hydrogen-bond donors (Lipinski definition) is 2. The first-order valence-electron chi connectivity index (χ1n) is 6.08. The molecule has 9 heteroatoms. The number of aromatic nitrogens is 2. The highest BCUT2D eigenvalue weighted by molar-refractivity contribution is 5.85. The lowest BCUT2D eigenvalue weighted by molar-refractivity contribution is -0.385. The Kier molecular flexibility index (Phi) is 7.78. The van der Waals surface area contributed by atoms with Crippen molar-refractivity contribution in [1.29, 1.82) is 0 Å². The summed E-state index contributed by atoms with van der Waals surface area (Å²) in [5, 5.41) is 17.0. The molecule has 0 bridgehead atoms. The van der Waals surface area contributed by atoms with Gasteiger partial charge in [-0.3, -0.25) is 19.6 Å². The van der Waals surface area contributed by atoms with Gasteiger partial charge in [0.15, 0.2) is 0 Å². The fraction of sp³-hybridized carbons (Fsp3) is 0.636. The second kappa shape index (κ2) is 8.49. The van der Waals surface area contributed by atoms with Gasteiger partial charge >= 0.3 is 5.69 Å². The van der Waals surface area contributed by atoms with E-state index in [1.54, 1.807) is 0 Å². The molecule has 8 nitrogen and oxygen atoms in total. The van der Waals surface area contributed by atoms with Crippen LogP contribution >= 0.6 is 12.4 Å². The van der Waals surface area contributed by atoms with Crippen molar-refractivity contribution in [1.82, 2.24) is 15.1 Å².